The van der Waals surface area contributed by atoms with Crippen LogP contribution in [-0.2, 0) is 0 Å². The van der Waals surface area contributed by atoms with Crippen LogP contribution in [0.3, 0.4) is 0 Å². The van der Waals surface area contributed by atoms with E-state index in [0.29, 0.717) is 5.92 Å². The fourth-order valence-corrected chi connectivity index (χ4v) is 2.08. The average molecular weight is 224 g/mol. The molecule has 0 aliphatic heterocycles. The summed E-state index contributed by atoms with van der Waals surface area (Å²) >= 11 is 0. The third-order valence-electron chi connectivity index (χ3n) is 3.61. The van der Waals surface area contributed by atoms with E-state index in [2.05, 4.69) is 47.6 Å². The lowest BCUT2D eigenvalue weighted by Crippen LogP contribution is -2.03. The number of hydrogen-bond donors (Lipinski definition) is 0. The number of rotatable bonds is 8. The molecule has 0 heteroatoms. The van der Waals surface area contributed by atoms with Gasteiger partial charge in [-0.05, 0) is 37.5 Å². The molecule has 0 aliphatic carbocycles. The van der Waals surface area contributed by atoms with Crippen molar-refractivity contribution in [2.75, 3.05) is 0 Å². The van der Waals surface area contributed by atoms with Crippen molar-refractivity contribution in [3.8, 4) is 0 Å². The second-order valence-electron chi connectivity index (χ2n) is 5.93. The van der Waals surface area contributed by atoms with Gasteiger partial charge in [-0.15, -0.1) is 0 Å². The van der Waals surface area contributed by atoms with E-state index in [1.165, 1.54) is 32.1 Å². The standard InChI is InChI=1S/C16H32/c1-7-8-9-14(4)12-15(5)10-11-16(6)13(2)3/h11,13-15H,7-10,12H2,1-6H3. The van der Waals surface area contributed by atoms with Crippen LogP contribution in [0.4, 0.5) is 0 Å². The van der Waals surface area contributed by atoms with Crippen molar-refractivity contribution in [3.63, 3.8) is 0 Å². The van der Waals surface area contributed by atoms with E-state index in [0.717, 1.165) is 11.8 Å². The summed E-state index contributed by atoms with van der Waals surface area (Å²) < 4.78 is 0. The van der Waals surface area contributed by atoms with Crippen LogP contribution in [0, 0.1) is 17.8 Å². The molecule has 0 spiro atoms. The normalized spacial score (nSPS) is 16.6. The first-order valence-corrected chi connectivity index (χ1v) is 7.14. The van der Waals surface area contributed by atoms with Crippen molar-refractivity contribution in [3.05, 3.63) is 11.6 Å². The summed E-state index contributed by atoms with van der Waals surface area (Å²) in [4.78, 5) is 0. The van der Waals surface area contributed by atoms with Crippen LogP contribution in [0.15, 0.2) is 11.6 Å². The van der Waals surface area contributed by atoms with Gasteiger partial charge in [-0.25, -0.2) is 0 Å². The van der Waals surface area contributed by atoms with Crippen LogP contribution < -0.4 is 0 Å². The van der Waals surface area contributed by atoms with E-state index < -0.39 is 0 Å². The Hall–Kier alpha value is -0.260. The van der Waals surface area contributed by atoms with Crippen LogP contribution in [0.2, 0.25) is 0 Å². The van der Waals surface area contributed by atoms with Crippen molar-refractivity contribution in [1.82, 2.24) is 0 Å². The Balaban J connectivity index is 3.81. The quantitative estimate of drug-likeness (QED) is 0.455. The van der Waals surface area contributed by atoms with Crippen molar-refractivity contribution >= 4 is 0 Å². The summed E-state index contributed by atoms with van der Waals surface area (Å²) in [5.41, 5.74) is 1.55. The summed E-state index contributed by atoms with van der Waals surface area (Å²) in [6.45, 7) is 13.9. The zero-order valence-electron chi connectivity index (χ0n) is 12.3. The smallest absolute Gasteiger partial charge is 0.0263 e. The maximum atomic E-state index is 2.45. The van der Waals surface area contributed by atoms with Gasteiger partial charge in [0.1, 0.15) is 0 Å². The van der Waals surface area contributed by atoms with Crippen LogP contribution in [0.1, 0.15) is 73.6 Å². The maximum absolute atomic E-state index is 2.45. The third-order valence-corrected chi connectivity index (χ3v) is 3.61. The Morgan fingerprint density at radius 3 is 2.19 bits per heavy atom. The van der Waals surface area contributed by atoms with Crippen molar-refractivity contribution in [2.45, 2.75) is 73.6 Å². The van der Waals surface area contributed by atoms with Gasteiger partial charge in [-0.3, -0.25) is 0 Å². The van der Waals surface area contributed by atoms with Gasteiger partial charge in [0.25, 0.3) is 0 Å². The van der Waals surface area contributed by atoms with Gasteiger partial charge < -0.3 is 0 Å². The Labute approximate surface area is 104 Å². The highest BCUT2D eigenvalue weighted by molar-refractivity contribution is 5.01. The highest BCUT2D eigenvalue weighted by Crippen LogP contribution is 2.21. The van der Waals surface area contributed by atoms with E-state index in [1.54, 1.807) is 5.57 Å². The first-order valence-electron chi connectivity index (χ1n) is 7.14. The fraction of sp³-hybridized carbons (Fsp3) is 0.875. The molecule has 0 fully saturated rings. The Bertz CT molecular complexity index is 188. The molecule has 0 rings (SSSR count). The minimum atomic E-state index is 0.713. The van der Waals surface area contributed by atoms with E-state index in [1.807, 2.05) is 0 Å². The molecule has 96 valence electrons. The molecule has 0 aromatic heterocycles. The summed E-state index contributed by atoms with van der Waals surface area (Å²) in [7, 11) is 0. The first kappa shape index (κ1) is 15.7. The van der Waals surface area contributed by atoms with Crippen LogP contribution in [-0.4, -0.2) is 0 Å². The van der Waals surface area contributed by atoms with Gasteiger partial charge in [0.05, 0.1) is 0 Å². The van der Waals surface area contributed by atoms with Gasteiger partial charge >= 0.3 is 0 Å². The Morgan fingerprint density at radius 2 is 1.69 bits per heavy atom. The lowest BCUT2D eigenvalue weighted by Gasteiger charge is -2.16. The highest BCUT2D eigenvalue weighted by Gasteiger charge is 2.07. The summed E-state index contributed by atoms with van der Waals surface area (Å²) in [6.07, 6.45) is 9.25. The predicted octanol–water partition coefficient (Wildman–Crippen LogP) is 5.83. The lowest BCUT2D eigenvalue weighted by atomic mass is 9.90. The molecule has 0 heterocycles. The van der Waals surface area contributed by atoms with Crippen molar-refractivity contribution in [2.24, 2.45) is 17.8 Å². The monoisotopic (exact) mass is 224 g/mol. The van der Waals surface area contributed by atoms with E-state index in [4.69, 9.17) is 0 Å². The molecule has 0 bridgehead atoms. The molecule has 0 aromatic carbocycles. The average Bonchev–Trinajstić information content (AvgIpc) is 2.22. The number of allylic oxidation sites excluding steroid dienone is 2. The van der Waals surface area contributed by atoms with Gasteiger partial charge in [0.2, 0.25) is 0 Å². The largest absolute Gasteiger partial charge is 0.0851 e. The Morgan fingerprint density at radius 1 is 1.06 bits per heavy atom. The summed E-state index contributed by atoms with van der Waals surface area (Å²) in [5, 5.41) is 0. The van der Waals surface area contributed by atoms with Gasteiger partial charge in [0, 0.05) is 0 Å². The SMILES string of the molecule is CCCCC(C)CC(C)CC=C(C)C(C)C. The van der Waals surface area contributed by atoms with E-state index >= 15 is 0 Å². The third kappa shape index (κ3) is 7.96. The fourth-order valence-electron chi connectivity index (χ4n) is 2.08. The summed E-state index contributed by atoms with van der Waals surface area (Å²) in [6, 6.07) is 0. The lowest BCUT2D eigenvalue weighted by molar-refractivity contribution is 0.387. The minimum Gasteiger partial charge on any atom is -0.0851 e. The molecular formula is C16H32. The second kappa shape index (κ2) is 8.84. The number of hydrogen-bond acceptors (Lipinski definition) is 0. The highest BCUT2D eigenvalue weighted by atomic mass is 14.1. The molecule has 16 heavy (non-hydrogen) atoms. The van der Waals surface area contributed by atoms with Gasteiger partial charge in [0.15, 0.2) is 0 Å². The molecular weight excluding hydrogens is 192 g/mol. The second-order valence-corrected chi connectivity index (χ2v) is 5.93. The van der Waals surface area contributed by atoms with Gasteiger partial charge in [-0.1, -0.05) is 65.5 Å². The molecule has 2 unspecified atom stereocenters. The van der Waals surface area contributed by atoms with Crippen LogP contribution in [0.5, 0.6) is 0 Å². The van der Waals surface area contributed by atoms with Crippen LogP contribution >= 0.6 is 0 Å². The molecule has 0 saturated heterocycles. The topological polar surface area (TPSA) is 0 Å². The zero-order valence-corrected chi connectivity index (χ0v) is 12.3. The molecule has 2 atom stereocenters. The molecule has 0 aromatic rings. The predicted molar refractivity (Wildman–Crippen MR) is 75.7 cm³/mol. The zero-order chi connectivity index (χ0) is 12.6. The van der Waals surface area contributed by atoms with E-state index in [9.17, 15) is 0 Å². The molecule has 0 N–H and O–H groups in total. The van der Waals surface area contributed by atoms with Crippen molar-refractivity contribution < 1.29 is 0 Å². The maximum Gasteiger partial charge on any atom is -0.0263 e. The number of unbranched alkanes of at least 4 members (excludes halogenated alkanes) is 1. The molecule has 0 amide bonds. The Kier molecular flexibility index (Phi) is 8.70. The first-order chi connectivity index (χ1) is 7.47. The molecule has 0 saturated carbocycles. The molecule has 0 aliphatic rings. The summed E-state index contributed by atoms with van der Waals surface area (Å²) in [5.74, 6) is 2.47. The molecule has 0 radical (unpaired) electrons. The van der Waals surface area contributed by atoms with Crippen LogP contribution in [0.25, 0.3) is 0 Å². The minimum absolute atomic E-state index is 0.713. The van der Waals surface area contributed by atoms with Gasteiger partial charge in [-0.2, -0.15) is 0 Å². The van der Waals surface area contributed by atoms with Crippen molar-refractivity contribution in [1.29, 1.82) is 0 Å². The van der Waals surface area contributed by atoms with E-state index in [-0.39, 0.29) is 0 Å². The molecule has 0 nitrogen and oxygen atoms in total.